The highest BCUT2D eigenvalue weighted by Crippen LogP contribution is 2.48. The molecule has 1 heterocycles. The number of carbonyl (C=O) groups is 1. The second-order valence-electron chi connectivity index (χ2n) is 7.49. The van der Waals surface area contributed by atoms with Crippen molar-refractivity contribution in [2.75, 3.05) is 13.1 Å². The molecule has 5 nitrogen and oxygen atoms in total. The first-order valence-electron chi connectivity index (χ1n) is 8.16. The molecule has 1 amide bonds. The molecule has 0 aromatic carbocycles. The number of aliphatic hydroxyl groups is 1. The molecule has 6 atom stereocenters. The van der Waals surface area contributed by atoms with Crippen molar-refractivity contribution >= 4 is 5.91 Å². The van der Waals surface area contributed by atoms with Crippen molar-refractivity contribution in [1.82, 2.24) is 10.2 Å². The first-order valence-corrected chi connectivity index (χ1v) is 8.16. The number of hydrogen-bond acceptors (Lipinski definition) is 4. The van der Waals surface area contributed by atoms with E-state index < -0.39 is 12.2 Å². The summed E-state index contributed by atoms with van der Waals surface area (Å²) < 4.78 is 13.4. The summed E-state index contributed by atoms with van der Waals surface area (Å²) >= 11 is 0. The lowest BCUT2D eigenvalue weighted by atomic mass is 9.96. The predicted molar refractivity (Wildman–Crippen MR) is 78.5 cm³/mol. The van der Waals surface area contributed by atoms with Crippen molar-refractivity contribution in [1.29, 1.82) is 5.26 Å². The summed E-state index contributed by atoms with van der Waals surface area (Å²) in [6.45, 7) is 2.31. The number of hydrogen-bond donors (Lipinski definition) is 2. The van der Waals surface area contributed by atoms with Crippen molar-refractivity contribution in [3.63, 3.8) is 0 Å². The van der Waals surface area contributed by atoms with Crippen LogP contribution in [0.25, 0.3) is 0 Å². The van der Waals surface area contributed by atoms with Crippen molar-refractivity contribution < 1.29 is 14.3 Å². The smallest absolute Gasteiger partial charge is 0.237 e. The van der Waals surface area contributed by atoms with Crippen molar-refractivity contribution in [2.24, 2.45) is 11.8 Å². The van der Waals surface area contributed by atoms with Gasteiger partial charge in [-0.15, -0.1) is 0 Å². The Morgan fingerprint density at radius 3 is 2.64 bits per heavy atom. The monoisotopic (exact) mass is 309 g/mol. The second kappa shape index (κ2) is 5.78. The van der Waals surface area contributed by atoms with E-state index in [4.69, 9.17) is 5.26 Å². The number of nitriles is 1. The summed E-state index contributed by atoms with van der Waals surface area (Å²) in [6.07, 6.45) is 2.54. The lowest BCUT2D eigenvalue weighted by Gasteiger charge is -2.29. The van der Waals surface area contributed by atoms with Gasteiger partial charge in [0.05, 0.1) is 25.3 Å². The van der Waals surface area contributed by atoms with Gasteiger partial charge in [-0.05, 0) is 44.4 Å². The highest BCUT2D eigenvalue weighted by molar-refractivity contribution is 5.79. The van der Waals surface area contributed by atoms with E-state index in [-0.39, 0.29) is 37.1 Å². The highest BCUT2D eigenvalue weighted by Gasteiger charge is 2.47. The van der Waals surface area contributed by atoms with Crippen molar-refractivity contribution in [3.05, 3.63) is 0 Å². The number of aliphatic hydroxyl groups excluding tert-OH is 1. The number of carbonyl (C=O) groups excluding carboxylic acids is 1. The van der Waals surface area contributed by atoms with Crippen LogP contribution in [0.3, 0.4) is 0 Å². The van der Waals surface area contributed by atoms with Crippen LogP contribution in [0.5, 0.6) is 0 Å². The quantitative estimate of drug-likeness (QED) is 0.815. The fraction of sp³-hybridized carbons (Fsp3) is 0.875. The molecule has 122 valence electrons. The van der Waals surface area contributed by atoms with Crippen LogP contribution in [-0.4, -0.2) is 52.9 Å². The Morgan fingerprint density at radius 1 is 1.41 bits per heavy atom. The van der Waals surface area contributed by atoms with Crippen LogP contribution in [0.4, 0.5) is 4.39 Å². The number of amides is 1. The van der Waals surface area contributed by atoms with Gasteiger partial charge in [0.25, 0.3) is 0 Å². The van der Waals surface area contributed by atoms with Gasteiger partial charge in [-0.25, -0.2) is 4.39 Å². The third kappa shape index (κ3) is 2.97. The van der Waals surface area contributed by atoms with Crippen molar-refractivity contribution in [2.45, 2.75) is 62.9 Å². The van der Waals surface area contributed by atoms with Crippen LogP contribution >= 0.6 is 0 Å². The molecule has 2 aliphatic carbocycles. The molecule has 1 aliphatic heterocycles. The van der Waals surface area contributed by atoms with Gasteiger partial charge < -0.3 is 15.3 Å². The number of nitrogens with zero attached hydrogens (tertiary/aromatic N) is 2. The van der Waals surface area contributed by atoms with Crippen LogP contribution < -0.4 is 5.32 Å². The molecule has 0 bridgehead atoms. The Bertz CT molecular complexity index is 478. The molecule has 22 heavy (non-hydrogen) atoms. The van der Waals surface area contributed by atoms with Gasteiger partial charge in [0.2, 0.25) is 5.91 Å². The van der Waals surface area contributed by atoms with E-state index in [1.54, 1.807) is 0 Å². The SMILES string of the molecule is C[C@]1(NCC(=O)N2CC(F)CC2C#N)C[C@H]2C[C@@H](O)C[C@H]2C1. The maximum absolute atomic E-state index is 13.4. The van der Waals surface area contributed by atoms with E-state index in [0.29, 0.717) is 11.8 Å². The zero-order valence-corrected chi connectivity index (χ0v) is 13.0. The van der Waals surface area contributed by atoms with Gasteiger partial charge in [0, 0.05) is 12.0 Å². The van der Waals surface area contributed by atoms with Crippen LogP contribution in [0, 0.1) is 23.2 Å². The maximum Gasteiger partial charge on any atom is 0.237 e. The van der Waals surface area contributed by atoms with Gasteiger partial charge in [-0.1, -0.05) is 0 Å². The molecule has 6 heteroatoms. The zero-order chi connectivity index (χ0) is 15.9. The Morgan fingerprint density at radius 2 is 2.05 bits per heavy atom. The Labute approximate surface area is 130 Å². The molecule has 2 N–H and O–H groups in total. The summed E-state index contributed by atoms with van der Waals surface area (Å²) in [4.78, 5) is 13.6. The molecule has 2 saturated carbocycles. The molecular formula is C16H24FN3O2. The van der Waals surface area contributed by atoms with Crippen LogP contribution in [0.15, 0.2) is 0 Å². The van der Waals surface area contributed by atoms with Crippen LogP contribution in [0.1, 0.15) is 39.0 Å². The average molecular weight is 309 g/mol. The highest BCUT2D eigenvalue weighted by atomic mass is 19.1. The lowest BCUT2D eigenvalue weighted by molar-refractivity contribution is -0.130. The fourth-order valence-corrected chi connectivity index (χ4v) is 4.64. The molecule has 0 radical (unpaired) electrons. The second-order valence-corrected chi connectivity index (χ2v) is 7.49. The zero-order valence-electron chi connectivity index (χ0n) is 13.0. The molecule has 3 rings (SSSR count). The molecule has 0 spiro atoms. The van der Waals surface area contributed by atoms with Crippen LogP contribution in [0.2, 0.25) is 0 Å². The number of nitrogens with one attached hydrogen (secondary N) is 1. The lowest BCUT2D eigenvalue weighted by Crippen LogP contribution is -2.48. The Balaban J connectivity index is 1.53. The largest absolute Gasteiger partial charge is 0.393 e. The molecule has 2 unspecified atom stereocenters. The standard InChI is InChI=1S/C16H24FN3O2/c1-16(5-10-2-14(21)3-11(10)6-16)19-8-15(22)20-9-12(17)4-13(20)7-18/h10-14,19,21H,2-6,8-9H2,1H3/t10-,11+,12?,13?,14-,16+. The topological polar surface area (TPSA) is 76.4 Å². The minimum atomic E-state index is -1.09. The van der Waals surface area contributed by atoms with E-state index in [2.05, 4.69) is 12.2 Å². The predicted octanol–water partition coefficient (Wildman–Crippen LogP) is 0.978. The average Bonchev–Trinajstić information content (AvgIpc) is 3.07. The summed E-state index contributed by atoms with van der Waals surface area (Å²) in [5.74, 6) is 0.887. The minimum absolute atomic E-state index is 0.0346. The third-order valence-corrected chi connectivity index (χ3v) is 5.63. The van der Waals surface area contributed by atoms with E-state index in [0.717, 1.165) is 25.7 Å². The molecular weight excluding hydrogens is 285 g/mol. The van der Waals surface area contributed by atoms with Gasteiger partial charge in [0.1, 0.15) is 12.2 Å². The number of fused-ring (bicyclic) bond motifs is 1. The molecule has 0 aromatic rings. The maximum atomic E-state index is 13.4. The fourth-order valence-electron chi connectivity index (χ4n) is 4.64. The number of halogens is 1. The number of rotatable bonds is 3. The summed E-state index contributed by atoms with van der Waals surface area (Å²) in [5, 5.41) is 22.0. The van der Waals surface area contributed by atoms with Gasteiger partial charge in [0.15, 0.2) is 0 Å². The van der Waals surface area contributed by atoms with Gasteiger partial charge in [-0.2, -0.15) is 5.26 Å². The number of alkyl halides is 1. The summed E-state index contributed by atoms with van der Waals surface area (Å²) in [5.41, 5.74) is -0.0951. The normalized spacial score (nSPS) is 44.1. The van der Waals surface area contributed by atoms with E-state index >= 15 is 0 Å². The van der Waals surface area contributed by atoms with Crippen molar-refractivity contribution in [3.8, 4) is 6.07 Å². The van der Waals surface area contributed by atoms with E-state index in [9.17, 15) is 14.3 Å². The van der Waals surface area contributed by atoms with E-state index in [1.165, 1.54) is 4.90 Å². The Kier molecular flexibility index (Phi) is 4.13. The van der Waals surface area contributed by atoms with E-state index in [1.807, 2.05) is 6.07 Å². The first kappa shape index (κ1) is 15.7. The van der Waals surface area contributed by atoms with Crippen LogP contribution in [-0.2, 0) is 4.79 Å². The molecule has 3 fully saturated rings. The van der Waals surface area contributed by atoms with Gasteiger partial charge >= 0.3 is 0 Å². The van der Waals surface area contributed by atoms with Gasteiger partial charge in [-0.3, -0.25) is 4.79 Å². The minimum Gasteiger partial charge on any atom is -0.393 e. The Hall–Kier alpha value is -1.19. The third-order valence-electron chi connectivity index (χ3n) is 5.63. The molecule has 3 aliphatic rings. The summed E-state index contributed by atoms with van der Waals surface area (Å²) in [6, 6.07) is 1.38. The summed E-state index contributed by atoms with van der Waals surface area (Å²) in [7, 11) is 0. The number of likely N-dealkylation sites (tertiary alicyclic amines) is 1. The molecule has 0 aromatic heterocycles. The molecule has 1 saturated heterocycles. The first-order chi connectivity index (χ1) is 10.4.